The van der Waals surface area contributed by atoms with Crippen molar-refractivity contribution in [2.45, 2.75) is 25.9 Å². The third-order valence-corrected chi connectivity index (χ3v) is 2.93. The molecule has 1 N–H and O–H groups in total. The fourth-order valence-electron chi connectivity index (χ4n) is 2.07. The second-order valence-electron chi connectivity index (χ2n) is 4.48. The molecule has 0 radical (unpaired) electrons. The zero-order valence-corrected chi connectivity index (χ0v) is 9.61. The summed E-state index contributed by atoms with van der Waals surface area (Å²) in [6.45, 7) is 6.45. The van der Waals surface area contributed by atoms with E-state index in [0.717, 1.165) is 13.1 Å². The summed E-state index contributed by atoms with van der Waals surface area (Å²) < 4.78 is 2.00. The minimum atomic E-state index is 0.673. The van der Waals surface area contributed by atoms with Crippen molar-refractivity contribution in [1.29, 1.82) is 0 Å². The van der Waals surface area contributed by atoms with Crippen LogP contribution in [0.1, 0.15) is 12.0 Å². The van der Waals surface area contributed by atoms with E-state index in [2.05, 4.69) is 35.5 Å². The SMILES string of the molecule is Cc1cnn(CCNC2CCN(C)C2)c1. The third kappa shape index (κ3) is 3.04. The molecule has 1 aromatic heterocycles. The van der Waals surface area contributed by atoms with E-state index >= 15 is 0 Å². The standard InChI is InChI=1S/C11H20N4/c1-10-7-13-15(8-10)6-4-12-11-3-5-14(2)9-11/h7-8,11-12H,3-6,9H2,1-2H3. The lowest BCUT2D eigenvalue weighted by Crippen LogP contribution is -2.33. The van der Waals surface area contributed by atoms with Gasteiger partial charge in [-0.05, 0) is 32.5 Å². The summed E-state index contributed by atoms with van der Waals surface area (Å²) in [6, 6.07) is 0.673. The Morgan fingerprint density at radius 3 is 3.07 bits per heavy atom. The Morgan fingerprint density at radius 2 is 2.47 bits per heavy atom. The fraction of sp³-hybridized carbons (Fsp3) is 0.727. The van der Waals surface area contributed by atoms with Crippen LogP contribution in [0.4, 0.5) is 0 Å². The molecule has 4 heteroatoms. The minimum Gasteiger partial charge on any atom is -0.311 e. The molecule has 1 aliphatic heterocycles. The highest BCUT2D eigenvalue weighted by Gasteiger charge is 2.17. The zero-order chi connectivity index (χ0) is 10.7. The average Bonchev–Trinajstić information content (AvgIpc) is 2.76. The maximum absolute atomic E-state index is 4.26. The summed E-state index contributed by atoms with van der Waals surface area (Å²) in [5.41, 5.74) is 1.23. The van der Waals surface area contributed by atoms with E-state index in [1.807, 2.05) is 10.9 Å². The highest BCUT2D eigenvalue weighted by Crippen LogP contribution is 2.05. The maximum Gasteiger partial charge on any atom is 0.0534 e. The average molecular weight is 208 g/mol. The van der Waals surface area contributed by atoms with Gasteiger partial charge in [-0.25, -0.2) is 0 Å². The zero-order valence-electron chi connectivity index (χ0n) is 9.61. The monoisotopic (exact) mass is 208 g/mol. The van der Waals surface area contributed by atoms with E-state index in [9.17, 15) is 0 Å². The van der Waals surface area contributed by atoms with E-state index in [4.69, 9.17) is 0 Å². The first kappa shape index (κ1) is 10.6. The molecule has 1 atom stereocenters. The van der Waals surface area contributed by atoms with E-state index in [0.29, 0.717) is 6.04 Å². The lowest BCUT2D eigenvalue weighted by molar-refractivity contribution is 0.394. The summed E-state index contributed by atoms with van der Waals surface area (Å²) in [5.74, 6) is 0. The van der Waals surface area contributed by atoms with Crippen LogP contribution in [0.3, 0.4) is 0 Å². The Balaban J connectivity index is 1.67. The van der Waals surface area contributed by atoms with Gasteiger partial charge in [-0.3, -0.25) is 4.68 Å². The number of aryl methyl sites for hydroxylation is 1. The smallest absolute Gasteiger partial charge is 0.0534 e. The number of nitrogens with one attached hydrogen (secondary N) is 1. The minimum absolute atomic E-state index is 0.673. The number of likely N-dealkylation sites (N-methyl/N-ethyl adjacent to an activating group) is 1. The molecule has 0 aliphatic carbocycles. The van der Waals surface area contributed by atoms with Crippen LogP contribution in [-0.2, 0) is 6.54 Å². The number of nitrogens with zero attached hydrogens (tertiary/aromatic N) is 3. The van der Waals surface area contributed by atoms with Gasteiger partial charge in [0.2, 0.25) is 0 Å². The first-order valence-electron chi connectivity index (χ1n) is 5.65. The fourth-order valence-corrected chi connectivity index (χ4v) is 2.07. The Labute approximate surface area is 91.3 Å². The molecule has 1 saturated heterocycles. The Hall–Kier alpha value is -0.870. The van der Waals surface area contributed by atoms with Gasteiger partial charge in [0.1, 0.15) is 0 Å². The van der Waals surface area contributed by atoms with Gasteiger partial charge in [-0.1, -0.05) is 0 Å². The van der Waals surface area contributed by atoms with Crippen molar-refractivity contribution in [2.75, 3.05) is 26.7 Å². The molecule has 15 heavy (non-hydrogen) atoms. The van der Waals surface area contributed by atoms with Crippen molar-refractivity contribution >= 4 is 0 Å². The van der Waals surface area contributed by atoms with Crippen LogP contribution in [-0.4, -0.2) is 47.4 Å². The van der Waals surface area contributed by atoms with Crippen molar-refractivity contribution < 1.29 is 0 Å². The van der Waals surface area contributed by atoms with Crippen LogP contribution in [0.25, 0.3) is 0 Å². The molecule has 4 nitrogen and oxygen atoms in total. The van der Waals surface area contributed by atoms with Crippen LogP contribution in [0.5, 0.6) is 0 Å². The molecule has 0 spiro atoms. The first-order chi connectivity index (χ1) is 7.24. The molecule has 1 aromatic rings. The topological polar surface area (TPSA) is 33.1 Å². The molecule has 0 bridgehead atoms. The van der Waals surface area contributed by atoms with Gasteiger partial charge >= 0.3 is 0 Å². The summed E-state index contributed by atoms with van der Waals surface area (Å²) in [5, 5.41) is 7.83. The summed E-state index contributed by atoms with van der Waals surface area (Å²) in [4.78, 5) is 2.37. The van der Waals surface area contributed by atoms with Crippen molar-refractivity contribution in [3.05, 3.63) is 18.0 Å². The molecule has 2 heterocycles. The van der Waals surface area contributed by atoms with Gasteiger partial charge < -0.3 is 10.2 Å². The summed E-state index contributed by atoms with van der Waals surface area (Å²) >= 11 is 0. The van der Waals surface area contributed by atoms with Crippen molar-refractivity contribution in [2.24, 2.45) is 0 Å². The molecule has 0 saturated carbocycles. The molecule has 1 unspecified atom stereocenters. The normalized spacial score (nSPS) is 22.4. The first-order valence-corrected chi connectivity index (χ1v) is 5.65. The van der Waals surface area contributed by atoms with Gasteiger partial charge in [-0.2, -0.15) is 5.10 Å². The van der Waals surface area contributed by atoms with Crippen LogP contribution >= 0.6 is 0 Å². The van der Waals surface area contributed by atoms with Gasteiger partial charge in [-0.15, -0.1) is 0 Å². The van der Waals surface area contributed by atoms with Gasteiger partial charge in [0.05, 0.1) is 12.7 Å². The number of rotatable bonds is 4. The third-order valence-electron chi connectivity index (χ3n) is 2.93. The largest absolute Gasteiger partial charge is 0.311 e. The number of likely N-dealkylation sites (tertiary alicyclic amines) is 1. The number of hydrogen-bond donors (Lipinski definition) is 1. The molecule has 1 aliphatic rings. The molecular formula is C11H20N4. The Morgan fingerprint density at radius 1 is 1.60 bits per heavy atom. The highest BCUT2D eigenvalue weighted by molar-refractivity contribution is 4.99. The van der Waals surface area contributed by atoms with Gasteiger partial charge in [0.15, 0.2) is 0 Å². The Bertz CT molecular complexity index is 307. The van der Waals surface area contributed by atoms with Crippen LogP contribution in [0, 0.1) is 6.92 Å². The molecule has 1 fully saturated rings. The molecule has 0 amide bonds. The second kappa shape index (κ2) is 4.77. The van der Waals surface area contributed by atoms with Gasteiger partial charge in [0, 0.05) is 25.3 Å². The van der Waals surface area contributed by atoms with Crippen LogP contribution in [0.15, 0.2) is 12.4 Å². The molecule has 2 rings (SSSR count). The summed E-state index contributed by atoms with van der Waals surface area (Å²) in [7, 11) is 2.18. The predicted molar refractivity (Wildman–Crippen MR) is 60.9 cm³/mol. The lowest BCUT2D eigenvalue weighted by atomic mass is 10.2. The molecule has 0 aromatic carbocycles. The van der Waals surface area contributed by atoms with Gasteiger partial charge in [0.25, 0.3) is 0 Å². The van der Waals surface area contributed by atoms with E-state index < -0.39 is 0 Å². The number of hydrogen-bond acceptors (Lipinski definition) is 3. The van der Waals surface area contributed by atoms with E-state index in [-0.39, 0.29) is 0 Å². The van der Waals surface area contributed by atoms with Crippen molar-refractivity contribution in [1.82, 2.24) is 20.0 Å². The van der Waals surface area contributed by atoms with Crippen molar-refractivity contribution in [3.63, 3.8) is 0 Å². The predicted octanol–water partition coefficient (Wildman–Crippen LogP) is 0.485. The van der Waals surface area contributed by atoms with E-state index in [1.54, 1.807) is 0 Å². The van der Waals surface area contributed by atoms with Crippen molar-refractivity contribution in [3.8, 4) is 0 Å². The number of aromatic nitrogens is 2. The summed E-state index contributed by atoms with van der Waals surface area (Å²) in [6.07, 6.45) is 5.26. The quantitative estimate of drug-likeness (QED) is 0.781. The van der Waals surface area contributed by atoms with E-state index in [1.165, 1.54) is 25.1 Å². The Kier molecular flexibility index (Phi) is 3.38. The van der Waals surface area contributed by atoms with Crippen LogP contribution < -0.4 is 5.32 Å². The lowest BCUT2D eigenvalue weighted by Gasteiger charge is -2.12. The molecular weight excluding hydrogens is 188 g/mol. The maximum atomic E-state index is 4.26. The second-order valence-corrected chi connectivity index (χ2v) is 4.48. The van der Waals surface area contributed by atoms with Crippen LogP contribution in [0.2, 0.25) is 0 Å². The molecule has 84 valence electrons. The highest BCUT2D eigenvalue weighted by atomic mass is 15.3.